The molecule has 2 N–H and O–H groups in total. The fraction of sp³-hybridized carbons (Fsp3) is 0.0500. The van der Waals surface area contributed by atoms with E-state index < -0.39 is 10.0 Å². The molecule has 0 atom stereocenters. The molecule has 3 aromatic rings. The van der Waals surface area contributed by atoms with Gasteiger partial charge in [0.15, 0.2) is 0 Å². The van der Waals surface area contributed by atoms with E-state index in [0.29, 0.717) is 22.0 Å². The topological polar surface area (TPSA) is 75.3 Å². The molecule has 5 nitrogen and oxygen atoms in total. The Morgan fingerprint density at radius 1 is 0.929 bits per heavy atom. The van der Waals surface area contributed by atoms with E-state index in [1.165, 1.54) is 23.9 Å². The summed E-state index contributed by atoms with van der Waals surface area (Å²) in [6.45, 7) is 0. The standard InChI is InChI=1S/C20H17ClN2O3S2/c1-27-19-8-3-2-7-18(19)20(24)22-16-5-4-6-17(13-16)28(25,26)23-15-11-9-14(21)10-12-15/h2-13,23H,1H3,(H,22,24). The van der Waals surface area contributed by atoms with E-state index in [2.05, 4.69) is 10.0 Å². The van der Waals surface area contributed by atoms with Gasteiger partial charge in [-0.3, -0.25) is 9.52 Å². The van der Waals surface area contributed by atoms with Crippen LogP contribution >= 0.6 is 23.4 Å². The van der Waals surface area contributed by atoms with Crippen LogP contribution in [0.15, 0.2) is 82.6 Å². The van der Waals surface area contributed by atoms with Crippen molar-refractivity contribution in [3.8, 4) is 0 Å². The summed E-state index contributed by atoms with van der Waals surface area (Å²) in [6.07, 6.45) is 1.89. The quantitative estimate of drug-likeness (QED) is 0.530. The minimum atomic E-state index is -3.81. The van der Waals surface area contributed by atoms with Crippen molar-refractivity contribution in [2.45, 2.75) is 9.79 Å². The Labute approximate surface area is 173 Å². The van der Waals surface area contributed by atoms with Gasteiger partial charge in [-0.2, -0.15) is 0 Å². The number of anilines is 2. The largest absolute Gasteiger partial charge is 0.322 e. The van der Waals surface area contributed by atoms with Crippen LogP contribution in [0.2, 0.25) is 5.02 Å². The molecule has 0 fully saturated rings. The highest BCUT2D eigenvalue weighted by molar-refractivity contribution is 7.98. The molecule has 0 aromatic heterocycles. The molecule has 0 heterocycles. The predicted molar refractivity (Wildman–Crippen MR) is 115 cm³/mol. The number of rotatable bonds is 6. The molecule has 8 heteroatoms. The zero-order chi connectivity index (χ0) is 20.1. The van der Waals surface area contributed by atoms with Crippen LogP contribution in [0.3, 0.4) is 0 Å². The lowest BCUT2D eigenvalue weighted by atomic mass is 10.2. The van der Waals surface area contributed by atoms with Crippen molar-refractivity contribution in [1.82, 2.24) is 0 Å². The van der Waals surface area contributed by atoms with E-state index in [1.54, 1.807) is 48.5 Å². The van der Waals surface area contributed by atoms with Crippen LogP contribution in [0, 0.1) is 0 Å². The lowest BCUT2D eigenvalue weighted by molar-refractivity contribution is 0.102. The van der Waals surface area contributed by atoms with Crippen molar-refractivity contribution in [1.29, 1.82) is 0 Å². The van der Waals surface area contributed by atoms with Crippen LogP contribution in [0.25, 0.3) is 0 Å². The van der Waals surface area contributed by atoms with Crippen LogP contribution in [0.5, 0.6) is 0 Å². The van der Waals surface area contributed by atoms with Gasteiger partial charge in [-0.25, -0.2) is 8.42 Å². The molecule has 3 rings (SSSR count). The van der Waals surface area contributed by atoms with Gasteiger partial charge in [-0.05, 0) is 60.9 Å². The molecule has 0 aliphatic rings. The zero-order valence-electron chi connectivity index (χ0n) is 14.8. The van der Waals surface area contributed by atoms with Gasteiger partial charge in [0, 0.05) is 21.3 Å². The van der Waals surface area contributed by atoms with Gasteiger partial charge in [0.2, 0.25) is 0 Å². The highest BCUT2D eigenvalue weighted by Crippen LogP contribution is 2.23. The highest BCUT2D eigenvalue weighted by Gasteiger charge is 2.16. The number of hydrogen-bond donors (Lipinski definition) is 2. The second-order valence-corrected chi connectivity index (χ2v) is 8.76. The van der Waals surface area contributed by atoms with E-state index in [0.717, 1.165) is 4.90 Å². The number of nitrogens with one attached hydrogen (secondary N) is 2. The van der Waals surface area contributed by atoms with E-state index in [1.807, 2.05) is 18.4 Å². The molecule has 3 aromatic carbocycles. The maximum atomic E-state index is 12.6. The maximum Gasteiger partial charge on any atom is 0.261 e. The van der Waals surface area contributed by atoms with Gasteiger partial charge in [-0.1, -0.05) is 29.8 Å². The molecule has 1 amide bonds. The molecule has 144 valence electrons. The number of thioether (sulfide) groups is 1. The Bertz CT molecular complexity index is 1100. The summed E-state index contributed by atoms with van der Waals surface area (Å²) in [5, 5.41) is 3.27. The van der Waals surface area contributed by atoms with Gasteiger partial charge >= 0.3 is 0 Å². The summed E-state index contributed by atoms with van der Waals surface area (Å²) in [7, 11) is -3.81. The van der Waals surface area contributed by atoms with Crippen LogP contribution in [0.1, 0.15) is 10.4 Å². The van der Waals surface area contributed by atoms with Crippen molar-refractivity contribution in [2.75, 3.05) is 16.3 Å². The Kier molecular flexibility index (Phi) is 6.28. The third-order valence-corrected chi connectivity index (χ3v) is 6.28. The maximum absolute atomic E-state index is 12.6. The Hall–Kier alpha value is -2.48. The van der Waals surface area contributed by atoms with Crippen molar-refractivity contribution in [3.05, 3.63) is 83.4 Å². The highest BCUT2D eigenvalue weighted by atomic mass is 35.5. The van der Waals surface area contributed by atoms with Gasteiger partial charge in [0.25, 0.3) is 15.9 Å². The molecule has 0 saturated heterocycles. The number of carbonyl (C=O) groups is 1. The second kappa shape index (κ2) is 8.68. The lowest BCUT2D eigenvalue weighted by Gasteiger charge is -2.11. The van der Waals surface area contributed by atoms with Crippen LogP contribution < -0.4 is 10.0 Å². The van der Waals surface area contributed by atoms with Crippen LogP contribution in [-0.2, 0) is 10.0 Å². The average Bonchev–Trinajstić information content (AvgIpc) is 2.69. The third kappa shape index (κ3) is 4.86. The first-order valence-corrected chi connectivity index (χ1v) is 11.3. The van der Waals surface area contributed by atoms with E-state index >= 15 is 0 Å². The molecular weight excluding hydrogens is 416 g/mol. The molecule has 0 aliphatic heterocycles. The van der Waals surface area contributed by atoms with E-state index in [4.69, 9.17) is 11.6 Å². The molecule has 0 aliphatic carbocycles. The smallest absolute Gasteiger partial charge is 0.261 e. The van der Waals surface area contributed by atoms with Crippen molar-refractivity contribution in [3.63, 3.8) is 0 Å². The monoisotopic (exact) mass is 432 g/mol. The Morgan fingerprint density at radius 3 is 2.36 bits per heavy atom. The summed E-state index contributed by atoms with van der Waals surface area (Å²) in [6, 6.07) is 19.7. The van der Waals surface area contributed by atoms with Crippen LogP contribution in [-0.4, -0.2) is 20.6 Å². The first-order valence-electron chi connectivity index (χ1n) is 8.22. The molecule has 28 heavy (non-hydrogen) atoms. The molecule has 0 saturated carbocycles. The van der Waals surface area contributed by atoms with E-state index in [-0.39, 0.29) is 10.8 Å². The molecule has 0 spiro atoms. The average molecular weight is 433 g/mol. The molecule has 0 unspecified atom stereocenters. The zero-order valence-corrected chi connectivity index (χ0v) is 17.2. The predicted octanol–water partition coefficient (Wildman–Crippen LogP) is 5.12. The number of carbonyl (C=O) groups excluding carboxylic acids is 1. The van der Waals surface area contributed by atoms with Gasteiger partial charge < -0.3 is 5.32 Å². The summed E-state index contributed by atoms with van der Waals surface area (Å²) in [5.74, 6) is -0.301. The fourth-order valence-corrected chi connectivity index (χ4v) is 4.33. The Morgan fingerprint density at radius 2 is 1.64 bits per heavy atom. The van der Waals surface area contributed by atoms with Gasteiger partial charge in [-0.15, -0.1) is 11.8 Å². The SMILES string of the molecule is CSc1ccccc1C(=O)Nc1cccc(S(=O)(=O)Nc2ccc(Cl)cc2)c1. The van der Waals surface area contributed by atoms with Crippen molar-refractivity contribution in [2.24, 2.45) is 0 Å². The van der Waals surface area contributed by atoms with Gasteiger partial charge in [0.05, 0.1) is 10.5 Å². The molecule has 0 radical (unpaired) electrons. The number of halogens is 1. The lowest BCUT2D eigenvalue weighted by Crippen LogP contribution is -2.15. The molecule has 0 bridgehead atoms. The number of hydrogen-bond acceptors (Lipinski definition) is 4. The van der Waals surface area contributed by atoms with E-state index in [9.17, 15) is 13.2 Å². The second-order valence-electron chi connectivity index (χ2n) is 5.79. The van der Waals surface area contributed by atoms with Crippen molar-refractivity contribution < 1.29 is 13.2 Å². The normalized spacial score (nSPS) is 11.1. The minimum Gasteiger partial charge on any atom is -0.322 e. The summed E-state index contributed by atoms with van der Waals surface area (Å²) >= 11 is 7.29. The van der Waals surface area contributed by atoms with Crippen LogP contribution in [0.4, 0.5) is 11.4 Å². The van der Waals surface area contributed by atoms with Crippen molar-refractivity contribution >= 4 is 50.7 Å². The first-order chi connectivity index (χ1) is 13.4. The number of amides is 1. The van der Waals surface area contributed by atoms with Gasteiger partial charge in [0.1, 0.15) is 0 Å². The summed E-state index contributed by atoms with van der Waals surface area (Å²) < 4.78 is 27.8. The number of sulfonamides is 1. The summed E-state index contributed by atoms with van der Waals surface area (Å²) in [5.41, 5.74) is 1.31. The third-order valence-electron chi connectivity index (χ3n) is 3.85. The minimum absolute atomic E-state index is 0.0402. The Balaban J connectivity index is 1.81. The number of benzene rings is 3. The summed E-state index contributed by atoms with van der Waals surface area (Å²) in [4.78, 5) is 13.5. The fourth-order valence-electron chi connectivity index (χ4n) is 2.50. The first kappa shape index (κ1) is 20.3. The molecular formula is C20H17ClN2O3S2.